The van der Waals surface area contributed by atoms with Crippen LogP contribution in [0.3, 0.4) is 0 Å². The van der Waals surface area contributed by atoms with Gasteiger partial charge in [-0.3, -0.25) is 9.10 Å². The molecule has 2 aromatic heterocycles. The van der Waals surface area contributed by atoms with Gasteiger partial charge in [0, 0.05) is 46.5 Å². The summed E-state index contributed by atoms with van der Waals surface area (Å²) >= 11 is 12.3. The number of sulfonamides is 1. The van der Waals surface area contributed by atoms with Crippen LogP contribution in [0.2, 0.25) is 10.0 Å². The smallest absolute Gasteiger partial charge is 0.328 e. The summed E-state index contributed by atoms with van der Waals surface area (Å²) in [5.41, 5.74) is 0.308. The van der Waals surface area contributed by atoms with Crippen molar-refractivity contribution in [1.82, 2.24) is 14.5 Å². The summed E-state index contributed by atoms with van der Waals surface area (Å²) in [7, 11) is -4.45. The van der Waals surface area contributed by atoms with E-state index < -0.39 is 27.4 Å². The molecule has 1 aliphatic rings. The maximum atomic E-state index is 14.1. The topological polar surface area (TPSA) is 122 Å². The third kappa shape index (κ3) is 6.21. The second-order valence-electron chi connectivity index (χ2n) is 11.2. The zero-order valence-corrected chi connectivity index (χ0v) is 26.0. The molecule has 0 bridgehead atoms. The number of carbonyl (C=O) groups excluding carboxylic acids is 1. The van der Waals surface area contributed by atoms with Crippen molar-refractivity contribution in [3.63, 3.8) is 0 Å². The molecule has 4 aromatic rings. The molecule has 5 rings (SSSR count). The number of carboxylic acids is 1. The number of aliphatic carboxylic acids is 1. The summed E-state index contributed by atoms with van der Waals surface area (Å²) in [4.78, 5) is 31.6. The van der Waals surface area contributed by atoms with Crippen molar-refractivity contribution in [3.05, 3.63) is 82.6 Å². The van der Waals surface area contributed by atoms with Gasteiger partial charge in [0.25, 0.3) is 15.9 Å². The summed E-state index contributed by atoms with van der Waals surface area (Å²) in [6, 6.07) is 12.4. The second-order valence-corrected chi connectivity index (χ2v) is 13.9. The number of nitrogens with zero attached hydrogens (tertiary/aromatic N) is 4. The van der Waals surface area contributed by atoms with Crippen LogP contribution in [0.5, 0.6) is 0 Å². The van der Waals surface area contributed by atoms with Gasteiger partial charge in [0.2, 0.25) is 0 Å². The van der Waals surface area contributed by atoms with E-state index in [9.17, 15) is 23.1 Å². The fourth-order valence-corrected chi connectivity index (χ4v) is 7.65. The molecular formula is C30H30Cl2N4O6S. The van der Waals surface area contributed by atoms with Crippen molar-refractivity contribution in [2.75, 3.05) is 30.6 Å². The van der Waals surface area contributed by atoms with Gasteiger partial charge in [-0.05, 0) is 60.0 Å². The second kappa shape index (κ2) is 11.8. The fourth-order valence-electron chi connectivity index (χ4n) is 5.14. The van der Waals surface area contributed by atoms with Crippen LogP contribution in [0.1, 0.15) is 31.1 Å². The average Bonchev–Trinajstić information content (AvgIpc) is 3.38. The first-order valence-electron chi connectivity index (χ1n) is 13.5. The van der Waals surface area contributed by atoms with Crippen LogP contribution in [0.25, 0.3) is 16.7 Å². The molecule has 10 nitrogen and oxygen atoms in total. The van der Waals surface area contributed by atoms with Gasteiger partial charge in [-0.25, -0.2) is 18.2 Å². The number of hydrogen-bond acceptors (Lipinski definition) is 6. The number of carboxylic acid groups (broad SMARTS) is 1. The van der Waals surface area contributed by atoms with Crippen LogP contribution in [0.15, 0.2) is 71.9 Å². The molecule has 1 unspecified atom stereocenters. The number of hydrogen-bond donors (Lipinski definition) is 1. The minimum atomic E-state index is -4.45. The van der Waals surface area contributed by atoms with E-state index in [1.165, 1.54) is 18.2 Å². The summed E-state index contributed by atoms with van der Waals surface area (Å²) in [6.07, 6.45) is 3.32. The number of amides is 1. The quantitative estimate of drug-likeness (QED) is 0.282. The summed E-state index contributed by atoms with van der Waals surface area (Å²) in [5.74, 6) is -0.930. The highest BCUT2D eigenvalue weighted by molar-refractivity contribution is 7.93. The largest absolute Gasteiger partial charge is 0.480 e. The molecule has 2 aromatic carbocycles. The molecule has 0 spiro atoms. The van der Waals surface area contributed by atoms with Gasteiger partial charge in [0.15, 0.2) is 0 Å². The number of benzene rings is 2. The van der Waals surface area contributed by atoms with E-state index >= 15 is 0 Å². The number of morpholine rings is 1. The van der Waals surface area contributed by atoms with E-state index in [-0.39, 0.29) is 26.5 Å². The normalized spacial score (nSPS) is 15.0. The fraction of sp³-hybridized carbons (Fsp3) is 0.300. The summed E-state index contributed by atoms with van der Waals surface area (Å²) in [6.45, 7) is 6.98. The van der Waals surface area contributed by atoms with E-state index in [1.807, 2.05) is 0 Å². The van der Waals surface area contributed by atoms with E-state index in [2.05, 4.69) is 4.98 Å². The Labute approximate surface area is 259 Å². The highest BCUT2D eigenvalue weighted by Gasteiger charge is 2.43. The first-order valence-corrected chi connectivity index (χ1v) is 15.6. The highest BCUT2D eigenvalue weighted by atomic mass is 35.5. The van der Waals surface area contributed by atoms with Crippen molar-refractivity contribution in [2.45, 2.75) is 31.7 Å². The maximum absolute atomic E-state index is 14.1. The number of carbonyl (C=O) groups is 2. The Morgan fingerprint density at radius 3 is 2.30 bits per heavy atom. The Morgan fingerprint density at radius 1 is 1.00 bits per heavy atom. The van der Waals surface area contributed by atoms with Crippen LogP contribution in [-0.4, -0.2) is 72.2 Å². The molecule has 1 atom stereocenters. The van der Waals surface area contributed by atoms with Crippen molar-refractivity contribution in [3.8, 4) is 5.82 Å². The molecule has 1 amide bonds. The number of halogens is 2. The van der Waals surface area contributed by atoms with Crippen LogP contribution in [0.4, 0.5) is 5.69 Å². The van der Waals surface area contributed by atoms with E-state index in [1.54, 1.807) is 79.0 Å². The van der Waals surface area contributed by atoms with Crippen molar-refractivity contribution in [1.29, 1.82) is 0 Å². The Bertz CT molecular complexity index is 1790. The van der Waals surface area contributed by atoms with Gasteiger partial charge < -0.3 is 19.3 Å². The van der Waals surface area contributed by atoms with E-state index in [4.69, 9.17) is 27.9 Å². The van der Waals surface area contributed by atoms with Crippen LogP contribution >= 0.6 is 23.2 Å². The number of anilines is 1. The molecule has 226 valence electrons. The van der Waals surface area contributed by atoms with Gasteiger partial charge >= 0.3 is 5.97 Å². The number of fused-ring (bicyclic) bond motifs is 1. The van der Waals surface area contributed by atoms with E-state index in [0.29, 0.717) is 48.6 Å². The summed E-state index contributed by atoms with van der Waals surface area (Å²) < 4.78 is 36.3. The predicted molar refractivity (Wildman–Crippen MR) is 165 cm³/mol. The SMILES string of the molecule is CC(C)(C)C(C(=O)O)N(c1ccc2c(ccn2-c2cc(C(=O)N3CCOCC3)ccn2)c1)S(=O)(=O)c1cc(Cl)cc(Cl)c1. The average molecular weight is 646 g/mol. The Morgan fingerprint density at radius 2 is 1.67 bits per heavy atom. The molecular weight excluding hydrogens is 615 g/mol. The standard InChI is InChI=1S/C30H30Cl2N4O6S/c1-30(2,3)27(29(38)39)36(43(40,41)24-17-21(31)16-22(32)18-24)23-4-5-25-19(14-23)7-9-35(25)26-15-20(6-8-33-26)28(37)34-10-12-42-13-11-34/h4-9,14-18,27H,10-13H2,1-3H3,(H,38,39). The molecule has 1 fully saturated rings. The van der Waals surface area contributed by atoms with Crippen molar-refractivity contribution < 1.29 is 27.9 Å². The van der Waals surface area contributed by atoms with E-state index in [0.717, 1.165) is 4.31 Å². The zero-order chi connectivity index (χ0) is 31.1. The molecule has 0 aliphatic carbocycles. The first kappa shape index (κ1) is 30.8. The van der Waals surface area contributed by atoms with Gasteiger partial charge in [0.1, 0.15) is 11.9 Å². The van der Waals surface area contributed by atoms with Gasteiger partial charge in [-0.15, -0.1) is 0 Å². The van der Waals surface area contributed by atoms with Gasteiger partial charge in [-0.1, -0.05) is 44.0 Å². The lowest BCUT2D eigenvalue weighted by Crippen LogP contribution is -2.52. The Balaban J connectivity index is 1.59. The maximum Gasteiger partial charge on any atom is 0.328 e. The lowest BCUT2D eigenvalue weighted by atomic mass is 9.86. The molecule has 0 saturated carbocycles. The minimum Gasteiger partial charge on any atom is -0.480 e. The molecule has 13 heteroatoms. The zero-order valence-electron chi connectivity index (χ0n) is 23.7. The van der Waals surface area contributed by atoms with Crippen molar-refractivity contribution in [2.24, 2.45) is 5.41 Å². The van der Waals surface area contributed by atoms with Crippen LogP contribution < -0.4 is 4.31 Å². The lowest BCUT2D eigenvalue weighted by molar-refractivity contribution is -0.140. The first-order chi connectivity index (χ1) is 20.3. The number of ether oxygens (including phenoxy) is 1. The molecule has 1 saturated heterocycles. The number of aromatic nitrogens is 2. The van der Waals surface area contributed by atoms with Gasteiger partial charge in [-0.2, -0.15) is 0 Å². The molecule has 0 radical (unpaired) electrons. The third-order valence-corrected chi connectivity index (χ3v) is 9.35. The Hall–Kier alpha value is -3.64. The highest BCUT2D eigenvalue weighted by Crippen LogP contribution is 2.37. The van der Waals surface area contributed by atoms with Crippen molar-refractivity contribution >= 4 is 61.7 Å². The molecule has 1 N–H and O–H groups in total. The molecule has 43 heavy (non-hydrogen) atoms. The summed E-state index contributed by atoms with van der Waals surface area (Å²) in [5, 5.41) is 11.1. The minimum absolute atomic E-state index is 0.100. The van der Waals surface area contributed by atoms with Crippen LogP contribution in [-0.2, 0) is 19.6 Å². The molecule has 1 aliphatic heterocycles. The third-order valence-electron chi connectivity index (χ3n) is 7.15. The predicted octanol–water partition coefficient (Wildman–Crippen LogP) is 5.50. The number of pyridine rings is 1. The Kier molecular flexibility index (Phi) is 8.45. The monoisotopic (exact) mass is 644 g/mol. The van der Waals surface area contributed by atoms with Gasteiger partial charge in [0.05, 0.1) is 29.3 Å². The molecule has 3 heterocycles. The number of rotatable bonds is 7. The lowest BCUT2D eigenvalue weighted by Gasteiger charge is -2.37. The van der Waals surface area contributed by atoms with Crippen LogP contribution in [0, 0.1) is 5.41 Å².